The molecule has 0 aliphatic carbocycles. The van der Waals surface area contributed by atoms with E-state index in [1.165, 1.54) is 11.1 Å². The van der Waals surface area contributed by atoms with Crippen molar-refractivity contribution in [3.05, 3.63) is 69.2 Å². The second-order valence-electron chi connectivity index (χ2n) is 5.97. The van der Waals surface area contributed by atoms with E-state index in [0.29, 0.717) is 0 Å². The zero-order valence-electron chi connectivity index (χ0n) is 13.0. The number of halogens is 2. The molecule has 2 aromatic carbocycles. The summed E-state index contributed by atoms with van der Waals surface area (Å²) in [6.45, 7) is 2.49. The van der Waals surface area contributed by atoms with Crippen LogP contribution in [0.1, 0.15) is 24.0 Å². The third-order valence-corrected chi connectivity index (χ3v) is 5.40. The third kappa shape index (κ3) is 4.16. The molecule has 0 saturated carbocycles. The number of nitrogens with one attached hydrogen (secondary N) is 1. The first-order valence-corrected chi connectivity index (χ1v) is 9.19. The van der Waals surface area contributed by atoms with E-state index in [9.17, 15) is 0 Å². The summed E-state index contributed by atoms with van der Waals surface area (Å²) in [6.07, 6.45) is 2.91. The van der Waals surface area contributed by atoms with Gasteiger partial charge < -0.3 is 10.1 Å². The highest BCUT2D eigenvalue weighted by atomic mass is 79.9. The molecule has 0 unspecified atom stereocenters. The Bertz CT molecular complexity index is 655. The lowest BCUT2D eigenvalue weighted by molar-refractivity contribution is 0.0368. The van der Waals surface area contributed by atoms with Crippen molar-refractivity contribution in [3.63, 3.8) is 0 Å². The quantitative estimate of drug-likeness (QED) is 0.775. The van der Waals surface area contributed by atoms with Crippen molar-refractivity contribution in [3.8, 4) is 0 Å². The van der Waals surface area contributed by atoms with E-state index in [4.69, 9.17) is 16.3 Å². The van der Waals surface area contributed by atoms with Gasteiger partial charge in [0.15, 0.2) is 0 Å². The second kappa shape index (κ2) is 7.80. The smallest absolute Gasteiger partial charge is 0.0486 e. The molecular weight excluding hydrogens is 374 g/mol. The van der Waals surface area contributed by atoms with Gasteiger partial charge >= 0.3 is 0 Å². The molecule has 0 aromatic heterocycles. The van der Waals surface area contributed by atoms with Gasteiger partial charge in [0.1, 0.15) is 0 Å². The maximum Gasteiger partial charge on any atom is 0.0486 e. The van der Waals surface area contributed by atoms with E-state index < -0.39 is 0 Å². The molecule has 1 fully saturated rings. The molecule has 2 aromatic rings. The second-order valence-corrected chi connectivity index (χ2v) is 7.30. The van der Waals surface area contributed by atoms with Gasteiger partial charge in [-0.1, -0.05) is 57.9 Å². The third-order valence-electron chi connectivity index (χ3n) is 4.54. The van der Waals surface area contributed by atoms with E-state index in [1.807, 2.05) is 18.2 Å². The highest BCUT2D eigenvalue weighted by Crippen LogP contribution is 2.33. The Kier molecular flexibility index (Phi) is 5.76. The average molecular weight is 395 g/mol. The van der Waals surface area contributed by atoms with Gasteiger partial charge in [-0.2, -0.15) is 0 Å². The summed E-state index contributed by atoms with van der Waals surface area (Å²) < 4.78 is 6.71. The predicted molar refractivity (Wildman–Crippen MR) is 99.0 cm³/mol. The Labute approximate surface area is 151 Å². The summed E-state index contributed by atoms with van der Waals surface area (Å²) in [5.74, 6) is 0. The van der Waals surface area contributed by atoms with Crippen molar-refractivity contribution < 1.29 is 4.74 Å². The summed E-state index contributed by atoms with van der Waals surface area (Å²) in [7, 11) is 0. The molecule has 0 radical (unpaired) electrons. The molecule has 1 N–H and O–H groups in total. The first kappa shape index (κ1) is 17.0. The van der Waals surface area contributed by atoms with Crippen molar-refractivity contribution >= 4 is 27.5 Å². The number of ether oxygens (including phenoxy) is 1. The molecule has 0 amide bonds. The first-order chi connectivity index (χ1) is 11.2. The molecule has 0 spiro atoms. The molecule has 1 saturated heterocycles. The van der Waals surface area contributed by atoms with Gasteiger partial charge in [-0.3, -0.25) is 0 Å². The maximum absolute atomic E-state index is 6.26. The van der Waals surface area contributed by atoms with Gasteiger partial charge in [0.05, 0.1) is 0 Å². The molecule has 3 rings (SSSR count). The van der Waals surface area contributed by atoms with Crippen LogP contribution >= 0.6 is 27.5 Å². The van der Waals surface area contributed by atoms with E-state index in [2.05, 4.69) is 51.6 Å². The van der Waals surface area contributed by atoms with Crippen molar-refractivity contribution in [1.82, 2.24) is 5.32 Å². The Balaban J connectivity index is 1.73. The minimum Gasteiger partial charge on any atom is -0.381 e. The standard InChI is InChI=1S/C19H21BrClNO/c20-17-6-3-5-16(14-17)19(9-12-23-13-10-19)22-11-8-15-4-1-2-7-18(15)21/h1-7,14,22H,8-13H2. The van der Waals surface area contributed by atoms with E-state index >= 15 is 0 Å². The van der Waals surface area contributed by atoms with Crippen molar-refractivity contribution in [1.29, 1.82) is 0 Å². The van der Waals surface area contributed by atoms with Crippen molar-refractivity contribution in [2.75, 3.05) is 19.8 Å². The molecule has 0 atom stereocenters. The van der Waals surface area contributed by atoms with Crippen molar-refractivity contribution in [2.24, 2.45) is 0 Å². The summed E-state index contributed by atoms with van der Waals surface area (Å²) in [6, 6.07) is 16.7. The number of hydrogen-bond acceptors (Lipinski definition) is 2. The zero-order chi connectivity index (χ0) is 16.1. The van der Waals surface area contributed by atoms with Crippen LogP contribution in [0.5, 0.6) is 0 Å². The number of benzene rings is 2. The number of rotatable bonds is 5. The molecular formula is C19H21BrClNO. The molecule has 0 bridgehead atoms. The fourth-order valence-electron chi connectivity index (χ4n) is 3.21. The summed E-state index contributed by atoms with van der Waals surface area (Å²) in [5, 5.41) is 4.64. The van der Waals surface area contributed by atoms with E-state index in [1.54, 1.807) is 0 Å². The van der Waals surface area contributed by atoms with Gasteiger partial charge in [0.2, 0.25) is 0 Å². The molecule has 1 heterocycles. The van der Waals surface area contributed by atoms with Gasteiger partial charge in [0, 0.05) is 34.8 Å². The zero-order valence-corrected chi connectivity index (χ0v) is 15.4. The van der Waals surface area contributed by atoms with Crippen LogP contribution in [-0.4, -0.2) is 19.8 Å². The molecule has 2 nitrogen and oxygen atoms in total. The molecule has 1 aliphatic rings. The topological polar surface area (TPSA) is 21.3 Å². The average Bonchev–Trinajstić information content (AvgIpc) is 2.57. The Morgan fingerprint density at radius 2 is 1.87 bits per heavy atom. The SMILES string of the molecule is Clc1ccccc1CCNC1(c2cccc(Br)c2)CCOCC1. The van der Waals surface area contributed by atoms with Crippen LogP contribution in [0.4, 0.5) is 0 Å². The molecule has 1 aliphatic heterocycles. The van der Waals surface area contributed by atoms with E-state index in [0.717, 1.165) is 48.5 Å². The lowest BCUT2D eigenvalue weighted by Gasteiger charge is -2.39. The summed E-state index contributed by atoms with van der Waals surface area (Å²) in [4.78, 5) is 0. The Morgan fingerprint density at radius 1 is 1.09 bits per heavy atom. The first-order valence-electron chi connectivity index (χ1n) is 8.02. The minimum atomic E-state index is -0.0106. The highest BCUT2D eigenvalue weighted by Gasteiger charge is 2.33. The Morgan fingerprint density at radius 3 is 2.61 bits per heavy atom. The van der Waals surface area contributed by atoms with Crippen LogP contribution in [0.25, 0.3) is 0 Å². The van der Waals surface area contributed by atoms with Crippen LogP contribution in [0.3, 0.4) is 0 Å². The predicted octanol–water partition coefficient (Wildman–Crippen LogP) is 4.94. The highest BCUT2D eigenvalue weighted by molar-refractivity contribution is 9.10. The van der Waals surface area contributed by atoms with Gasteiger partial charge in [-0.05, 0) is 48.6 Å². The maximum atomic E-state index is 6.26. The van der Waals surface area contributed by atoms with E-state index in [-0.39, 0.29) is 5.54 Å². The fraction of sp³-hybridized carbons (Fsp3) is 0.368. The van der Waals surface area contributed by atoms with Crippen LogP contribution in [0, 0.1) is 0 Å². The van der Waals surface area contributed by atoms with Crippen LogP contribution in [0.15, 0.2) is 53.0 Å². The minimum absolute atomic E-state index is 0.0106. The van der Waals surface area contributed by atoms with Gasteiger partial charge in [0.25, 0.3) is 0 Å². The monoisotopic (exact) mass is 393 g/mol. The lowest BCUT2D eigenvalue weighted by Crippen LogP contribution is -2.47. The number of hydrogen-bond donors (Lipinski definition) is 1. The molecule has 23 heavy (non-hydrogen) atoms. The van der Waals surface area contributed by atoms with Crippen LogP contribution < -0.4 is 5.32 Å². The van der Waals surface area contributed by atoms with Crippen LogP contribution in [0.2, 0.25) is 5.02 Å². The van der Waals surface area contributed by atoms with Gasteiger partial charge in [-0.15, -0.1) is 0 Å². The molecule has 122 valence electrons. The van der Waals surface area contributed by atoms with Crippen molar-refractivity contribution in [2.45, 2.75) is 24.8 Å². The fourth-order valence-corrected chi connectivity index (χ4v) is 3.84. The Hall–Kier alpha value is -0.870. The summed E-state index contributed by atoms with van der Waals surface area (Å²) in [5.41, 5.74) is 2.51. The summed E-state index contributed by atoms with van der Waals surface area (Å²) >= 11 is 9.86. The normalized spacial score (nSPS) is 17.1. The molecule has 4 heteroatoms. The van der Waals surface area contributed by atoms with Gasteiger partial charge in [-0.25, -0.2) is 0 Å². The lowest BCUT2D eigenvalue weighted by atomic mass is 9.82. The van der Waals surface area contributed by atoms with Crippen LogP contribution in [-0.2, 0) is 16.7 Å². The largest absolute Gasteiger partial charge is 0.381 e.